The molecule has 0 bridgehead atoms. The largest absolute Gasteiger partial charge is 0.497 e. The van der Waals surface area contributed by atoms with Crippen molar-refractivity contribution in [2.24, 2.45) is 17.3 Å². The van der Waals surface area contributed by atoms with Gasteiger partial charge >= 0.3 is 5.97 Å². The summed E-state index contributed by atoms with van der Waals surface area (Å²) in [5.41, 5.74) is 0.149. The molecule has 2 aliphatic rings. The molecule has 0 spiro atoms. The van der Waals surface area contributed by atoms with Crippen LogP contribution in [0.2, 0.25) is 0 Å². The van der Waals surface area contributed by atoms with Gasteiger partial charge in [0, 0.05) is 12.5 Å². The van der Waals surface area contributed by atoms with Crippen LogP contribution >= 0.6 is 0 Å². The van der Waals surface area contributed by atoms with Crippen LogP contribution in [0.5, 0.6) is 11.5 Å². The molecule has 21 heavy (non-hydrogen) atoms. The highest BCUT2D eigenvalue weighted by Crippen LogP contribution is 2.68. The Bertz CT molecular complexity index is 609. The van der Waals surface area contributed by atoms with Crippen molar-refractivity contribution in [2.75, 3.05) is 14.2 Å². The van der Waals surface area contributed by atoms with Gasteiger partial charge in [0.05, 0.1) is 25.6 Å². The van der Waals surface area contributed by atoms with E-state index in [2.05, 4.69) is 0 Å². The summed E-state index contributed by atoms with van der Waals surface area (Å²) >= 11 is 0. The Kier molecular flexibility index (Phi) is 3.15. The van der Waals surface area contributed by atoms with Crippen LogP contribution in [0.1, 0.15) is 18.4 Å². The molecule has 5 heteroatoms. The Hall–Kier alpha value is -2.04. The molecule has 0 aromatic heterocycles. The predicted molar refractivity (Wildman–Crippen MR) is 74.5 cm³/mol. The number of aliphatic carboxylic acids is 1. The second-order valence-corrected chi connectivity index (χ2v) is 5.78. The molecule has 3 atom stereocenters. The molecule has 0 amide bonds. The second kappa shape index (κ2) is 4.76. The fourth-order valence-corrected chi connectivity index (χ4v) is 3.89. The maximum Gasteiger partial charge on any atom is 0.307 e. The molecule has 2 saturated carbocycles. The number of hydrogen-bond donors (Lipinski definition) is 1. The molecule has 0 unspecified atom stereocenters. The Morgan fingerprint density at radius 3 is 2.71 bits per heavy atom. The molecular weight excluding hydrogens is 272 g/mol. The summed E-state index contributed by atoms with van der Waals surface area (Å²) < 4.78 is 10.5. The van der Waals surface area contributed by atoms with Crippen molar-refractivity contribution in [1.82, 2.24) is 0 Å². The zero-order valence-corrected chi connectivity index (χ0v) is 12.1. The first-order chi connectivity index (χ1) is 10.0. The Labute approximate surface area is 122 Å². The fourth-order valence-electron chi connectivity index (χ4n) is 3.89. The maximum absolute atomic E-state index is 12.3. The number of hydrogen-bond acceptors (Lipinski definition) is 4. The minimum absolute atomic E-state index is 0.0192. The minimum atomic E-state index is -0.861. The van der Waals surface area contributed by atoms with Gasteiger partial charge in [0.15, 0.2) is 0 Å². The molecule has 1 aromatic carbocycles. The maximum atomic E-state index is 12.3. The van der Waals surface area contributed by atoms with Gasteiger partial charge in [0.2, 0.25) is 0 Å². The quantitative estimate of drug-likeness (QED) is 0.897. The second-order valence-electron chi connectivity index (χ2n) is 5.78. The average Bonchev–Trinajstić information content (AvgIpc) is 3.03. The molecule has 5 nitrogen and oxygen atoms in total. The number of ketones is 1. The van der Waals surface area contributed by atoms with Crippen LogP contribution in [-0.4, -0.2) is 31.1 Å². The van der Waals surface area contributed by atoms with E-state index in [9.17, 15) is 14.7 Å². The highest BCUT2D eigenvalue weighted by molar-refractivity contribution is 5.98. The van der Waals surface area contributed by atoms with E-state index in [0.717, 1.165) is 5.56 Å². The standard InChI is InChI=1S/C16H18O5/c1-20-10-4-3-9(12(7-10)21-2)8-16-11(5-6-13(16)17)14(16)15(18)19/h3-4,7,11,14H,5-6,8H2,1-2H3,(H,18,19)/t11-,14-,16-/m1/s1. The Balaban J connectivity index is 1.93. The third kappa shape index (κ3) is 1.91. The van der Waals surface area contributed by atoms with E-state index in [-0.39, 0.29) is 11.7 Å². The van der Waals surface area contributed by atoms with E-state index in [1.54, 1.807) is 26.4 Å². The summed E-state index contributed by atoms with van der Waals surface area (Å²) in [5.74, 6) is -0.0237. The highest BCUT2D eigenvalue weighted by atomic mass is 16.5. The SMILES string of the molecule is COc1ccc(C[C@]23C(=O)CC[C@@H]2[C@@H]3C(=O)O)c(OC)c1. The lowest BCUT2D eigenvalue weighted by molar-refractivity contribution is -0.142. The number of benzene rings is 1. The first kappa shape index (κ1) is 13.9. The minimum Gasteiger partial charge on any atom is -0.497 e. The number of methoxy groups -OCH3 is 2. The predicted octanol–water partition coefficient (Wildman–Crippen LogP) is 1.93. The molecule has 0 saturated heterocycles. The average molecular weight is 290 g/mol. The molecule has 1 N–H and O–H groups in total. The van der Waals surface area contributed by atoms with Crippen LogP contribution in [0.25, 0.3) is 0 Å². The normalized spacial score (nSPS) is 29.9. The van der Waals surface area contributed by atoms with Crippen LogP contribution in [0.3, 0.4) is 0 Å². The lowest BCUT2D eigenvalue weighted by atomic mass is 9.89. The van der Waals surface area contributed by atoms with E-state index < -0.39 is 17.3 Å². The van der Waals surface area contributed by atoms with Crippen molar-refractivity contribution in [1.29, 1.82) is 0 Å². The van der Waals surface area contributed by atoms with Crippen LogP contribution in [-0.2, 0) is 16.0 Å². The van der Waals surface area contributed by atoms with E-state index >= 15 is 0 Å². The van der Waals surface area contributed by atoms with Crippen molar-refractivity contribution >= 4 is 11.8 Å². The Morgan fingerprint density at radius 2 is 2.14 bits per heavy atom. The number of fused-ring (bicyclic) bond motifs is 1. The first-order valence-corrected chi connectivity index (χ1v) is 7.01. The van der Waals surface area contributed by atoms with E-state index in [0.29, 0.717) is 30.8 Å². The monoisotopic (exact) mass is 290 g/mol. The molecule has 0 aliphatic heterocycles. The van der Waals surface area contributed by atoms with Gasteiger partial charge in [-0.15, -0.1) is 0 Å². The molecule has 0 radical (unpaired) electrons. The topological polar surface area (TPSA) is 72.8 Å². The smallest absolute Gasteiger partial charge is 0.307 e. The van der Waals surface area contributed by atoms with E-state index in [1.807, 2.05) is 6.07 Å². The summed E-state index contributed by atoms with van der Waals surface area (Å²) in [6.07, 6.45) is 1.61. The molecule has 0 heterocycles. The van der Waals surface area contributed by atoms with Crippen molar-refractivity contribution in [3.05, 3.63) is 23.8 Å². The van der Waals surface area contributed by atoms with Crippen molar-refractivity contribution in [3.63, 3.8) is 0 Å². The zero-order valence-electron chi connectivity index (χ0n) is 12.1. The van der Waals surface area contributed by atoms with Crippen LogP contribution in [0, 0.1) is 17.3 Å². The molecule has 112 valence electrons. The summed E-state index contributed by atoms with van der Waals surface area (Å²) in [4.78, 5) is 23.6. The van der Waals surface area contributed by atoms with Gasteiger partial charge in [-0.1, -0.05) is 6.07 Å². The van der Waals surface area contributed by atoms with Crippen LogP contribution in [0.4, 0.5) is 0 Å². The first-order valence-electron chi connectivity index (χ1n) is 7.01. The number of carboxylic acid groups (broad SMARTS) is 1. The van der Waals surface area contributed by atoms with Crippen molar-refractivity contribution < 1.29 is 24.2 Å². The van der Waals surface area contributed by atoms with Crippen LogP contribution < -0.4 is 9.47 Å². The molecule has 3 rings (SSSR count). The molecular formula is C16H18O5. The van der Waals surface area contributed by atoms with E-state index in [4.69, 9.17) is 9.47 Å². The van der Waals surface area contributed by atoms with Gasteiger partial charge in [-0.3, -0.25) is 9.59 Å². The highest BCUT2D eigenvalue weighted by Gasteiger charge is 2.74. The summed E-state index contributed by atoms with van der Waals surface area (Å²) in [6.45, 7) is 0. The lowest BCUT2D eigenvalue weighted by Crippen LogP contribution is -2.22. The van der Waals surface area contributed by atoms with Crippen LogP contribution in [0.15, 0.2) is 18.2 Å². The number of carbonyl (C=O) groups excluding carboxylic acids is 1. The number of carboxylic acids is 1. The number of rotatable bonds is 5. The number of carbonyl (C=O) groups is 2. The molecule has 2 aliphatic carbocycles. The summed E-state index contributed by atoms with van der Waals surface area (Å²) in [6, 6.07) is 5.42. The van der Waals surface area contributed by atoms with Crippen molar-refractivity contribution in [2.45, 2.75) is 19.3 Å². The lowest BCUT2D eigenvalue weighted by Gasteiger charge is -2.16. The van der Waals surface area contributed by atoms with Crippen molar-refractivity contribution in [3.8, 4) is 11.5 Å². The van der Waals surface area contributed by atoms with E-state index in [1.165, 1.54) is 0 Å². The van der Waals surface area contributed by atoms with Gasteiger partial charge in [-0.25, -0.2) is 0 Å². The summed E-state index contributed by atoms with van der Waals surface area (Å²) in [7, 11) is 3.14. The van der Waals surface area contributed by atoms with Gasteiger partial charge in [0.1, 0.15) is 17.3 Å². The van der Waals surface area contributed by atoms with Gasteiger partial charge in [-0.05, 0) is 30.4 Å². The zero-order chi connectivity index (χ0) is 15.2. The molecule has 1 aromatic rings. The van der Waals surface area contributed by atoms with Gasteiger partial charge in [-0.2, -0.15) is 0 Å². The third-order valence-electron chi connectivity index (χ3n) is 4.95. The Morgan fingerprint density at radius 1 is 1.38 bits per heavy atom. The number of ether oxygens (including phenoxy) is 2. The van der Waals surface area contributed by atoms with Gasteiger partial charge in [0.25, 0.3) is 0 Å². The third-order valence-corrected chi connectivity index (χ3v) is 4.95. The molecule has 2 fully saturated rings. The summed E-state index contributed by atoms with van der Waals surface area (Å²) in [5, 5.41) is 9.33. The number of Topliss-reactive ketones (excluding diaryl/α,β-unsaturated/α-hetero) is 1. The van der Waals surface area contributed by atoms with Gasteiger partial charge < -0.3 is 14.6 Å². The fraction of sp³-hybridized carbons (Fsp3) is 0.500.